The van der Waals surface area contributed by atoms with E-state index in [1.54, 1.807) is 17.4 Å². The average Bonchev–Trinajstić information content (AvgIpc) is 2.71. The van der Waals surface area contributed by atoms with Gasteiger partial charge in [-0.2, -0.15) is 0 Å². The maximum Gasteiger partial charge on any atom is 0.244 e. The lowest BCUT2D eigenvalue weighted by molar-refractivity contribution is -0.117. The fraction of sp³-hybridized carbons (Fsp3) is 0.538. The van der Waals surface area contributed by atoms with Gasteiger partial charge in [-0.3, -0.25) is 4.79 Å². The van der Waals surface area contributed by atoms with E-state index in [2.05, 4.69) is 24.1 Å². The lowest BCUT2D eigenvalue weighted by atomic mass is 10.0. The molecule has 0 aliphatic heterocycles. The predicted molar refractivity (Wildman–Crippen MR) is 74.4 cm³/mol. The number of hydrogen-bond donors (Lipinski definition) is 2. The summed E-state index contributed by atoms with van der Waals surface area (Å²) in [5.74, 6) is 0.243. The summed E-state index contributed by atoms with van der Waals surface area (Å²) in [7, 11) is 0. The van der Waals surface area contributed by atoms with Crippen molar-refractivity contribution in [2.24, 2.45) is 5.92 Å². The lowest BCUT2D eigenvalue weighted by Gasteiger charge is -2.16. The molecule has 0 saturated heterocycles. The van der Waals surface area contributed by atoms with Gasteiger partial charge in [0.2, 0.25) is 5.91 Å². The van der Waals surface area contributed by atoms with Gasteiger partial charge >= 0.3 is 0 Å². The van der Waals surface area contributed by atoms with Crippen LogP contribution in [0.2, 0.25) is 0 Å². The molecule has 1 atom stereocenters. The third-order valence-electron chi connectivity index (χ3n) is 2.36. The minimum absolute atomic E-state index is 0.0342. The van der Waals surface area contributed by atoms with E-state index in [1.807, 2.05) is 12.3 Å². The lowest BCUT2D eigenvalue weighted by Crippen LogP contribution is -2.37. The molecule has 4 nitrogen and oxygen atoms in total. The second-order valence-corrected chi connectivity index (χ2v) is 5.70. The number of hydrogen-bond acceptors (Lipinski definition) is 4. The first-order chi connectivity index (χ1) is 8.51. The number of aryl methyl sites for hydroxylation is 1. The van der Waals surface area contributed by atoms with Crippen LogP contribution in [0.5, 0.6) is 0 Å². The van der Waals surface area contributed by atoms with Gasteiger partial charge in [0, 0.05) is 11.5 Å². The Labute approximate surface area is 112 Å². The highest BCUT2D eigenvalue weighted by molar-refractivity contribution is 7.09. The van der Waals surface area contributed by atoms with E-state index in [-0.39, 0.29) is 18.6 Å². The highest BCUT2D eigenvalue weighted by Gasteiger charge is 2.11. The van der Waals surface area contributed by atoms with Crippen LogP contribution in [0.1, 0.15) is 31.0 Å². The Morgan fingerprint density at radius 1 is 1.61 bits per heavy atom. The van der Waals surface area contributed by atoms with Gasteiger partial charge in [0.25, 0.3) is 0 Å². The van der Waals surface area contributed by atoms with Crippen LogP contribution in [0.15, 0.2) is 11.5 Å². The van der Waals surface area contributed by atoms with Crippen LogP contribution in [-0.4, -0.2) is 28.6 Å². The number of rotatable bonds is 6. The Bertz CT molecular complexity index is 413. The van der Waals surface area contributed by atoms with Gasteiger partial charge in [-0.05, 0) is 25.3 Å². The minimum atomic E-state index is -0.194. The van der Waals surface area contributed by atoms with Gasteiger partial charge < -0.3 is 10.4 Å². The number of amides is 1. The molecule has 0 aliphatic carbocycles. The van der Waals surface area contributed by atoms with Gasteiger partial charge in [-0.15, -0.1) is 11.3 Å². The number of aliphatic hydroxyl groups excluding tert-OH is 1. The molecule has 0 saturated carbocycles. The van der Waals surface area contributed by atoms with Crippen molar-refractivity contribution in [1.29, 1.82) is 0 Å². The molecule has 1 rings (SSSR count). The molecule has 1 aromatic rings. The second kappa shape index (κ2) is 7.28. The number of aromatic nitrogens is 1. The van der Waals surface area contributed by atoms with Gasteiger partial charge in [-0.25, -0.2) is 4.98 Å². The topological polar surface area (TPSA) is 62.2 Å². The summed E-state index contributed by atoms with van der Waals surface area (Å²) in [5.41, 5.74) is 0.789. The fourth-order valence-corrected chi connectivity index (χ4v) is 2.20. The molecule has 0 bridgehead atoms. The maximum atomic E-state index is 11.6. The standard InChI is InChI=1S/C13H20N2O2S/c1-9(2)6-12(7-16)15-13(17)5-4-11-8-18-10(3)14-11/h4-5,8-9,12,16H,6-7H2,1-3H3,(H,15,17). The Hall–Kier alpha value is -1.20. The van der Waals surface area contributed by atoms with Crippen LogP contribution in [0, 0.1) is 12.8 Å². The molecule has 1 unspecified atom stereocenters. The van der Waals surface area contributed by atoms with Gasteiger partial charge in [0.15, 0.2) is 0 Å². The summed E-state index contributed by atoms with van der Waals surface area (Å²) < 4.78 is 0. The largest absolute Gasteiger partial charge is 0.394 e. The van der Waals surface area contributed by atoms with Crippen molar-refractivity contribution in [3.63, 3.8) is 0 Å². The molecule has 0 aliphatic rings. The quantitative estimate of drug-likeness (QED) is 0.776. The summed E-state index contributed by atoms with van der Waals surface area (Å²) >= 11 is 1.55. The van der Waals surface area contributed by atoms with Gasteiger partial charge in [0.1, 0.15) is 0 Å². The fourth-order valence-electron chi connectivity index (χ4n) is 1.62. The van der Waals surface area contributed by atoms with Crippen LogP contribution in [0.4, 0.5) is 0 Å². The highest BCUT2D eigenvalue weighted by Crippen LogP contribution is 2.09. The highest BCUT2D eigenvalue weighted by atomic mass is 32.1. The molecule has 18 heavy (non-hydrogen) atoms. The van der Waals surface area contributed by atoms with Gasteiger partial charge in [-0.1, -0.05) is 13.8 Å². The van der Waals surface area contributed by atoms with Crippen molar-refractivity contribution in [2.75, 3.05) is 6.61 Å². The van der Waals surface area contributed by atoms with Crippen molar-refractivity contribution >= 4 is 23.3 Å². The molecule has 100 valence electrons. The number of carbonyl (C=O) groups excluding carboxylic acids is 1. The van der Waals surface area contributed by atoms with E-state index < -0.39 is 0 Å². The number of carbonyl (C=O) groups is 1. The SMILES string of the molecule is Cc1nc(C=CC(=O)NC(CO)CC(C)C)cs1. The molecule has 5 heteroatoms. The Kier molecular flexibility index (Phi) is 6.01. The number of nitrogens with one attached hydrogen (secondary N) is 1. The Balaban J connectivity index is 2.47. The molecule has 0 aromatic carbocycles. The van der Waals surface area contributed by atoms with Crippen LogP contribution in [0.25, 0.3) is 6.08 Å². The molecule has 1 amide bonds. The zero-order chi connectivity index (χ0) is 13.5. The molecule has 1 aromatic heterocycles. The summed E-state index contributed by atoms with van der Waals surface area (Å²) in [6.07, 6.45) is 3.91. The maximum absolute atomic E-state index is 11.6. The van der Waals surface area contributed by atoms with Crippen molar-refractivity contribution < 1.29 is 9.90 Å². The molecule has 0 fully saturated rings. The Morgan fingerprint density at radius 2 is 2.33 bits per heavy atom. The predicted octanol–water partition coefficient (Wildman–Crippen LogP) is 1.99. The number of nitrogens with zero attached hydrogens (tertiary/aromatic N) is 1. The Morgan fingerprint density at radius 3 is 2.83 bits per heavy atom. The molecule has 1 heterocycles. The van der Waals surface area contributed by atoms with Crippen molar-refractivity contribution in [2.45, 2.75) is 33.2 Å². The van der Waals surface area contributed by atoms with Crippen molar-refractivity contribution in [3.05, 3.63) is 22.2 Å². The first kappa shape index (κ1) is 14.9. The minimum Gasteiger partial charge on any atom is -0.394 e. The molecular formula is C13H20N2O2S. The van der Waals surface area contributed by atoms with Crippen LogP contribution in [-0.2, 0) is 4.79 Å². The third-order valence-corrected chi connectivity index (χ3v) is 3.16. The summed E-state index contributed by atoms with van der Waals surface area (Å²) in [5, 5.41) is 14.8. The summed E-state index contributed by atoms with van der Waals surface area (Å²) in [6.45, 7) is 6.01. The molecule has 0 spiro atoms. The van der Waals surface area contributed by atoms with E-state index in [1.165, 1.54) is 6.08 Å². The van der Waals surface area contributed by atoms with Crippen LogP contribution < -0.4 is 5.32 Å². The summed E-state index contributed by atoms with van der Waals surface area (Å²) in [4.78, 5) is 15.9. The average molecular weight is 268 g/mol. The number of aliphatic hydroxyl groups is 1. The first-order valence-electron chi connectivity index (χ1n) is 6.02. The smallest absolute Gasteiger partial charge is 0.244 e. The van der Waals surface area contributed by atoms with Crippen molar-refractivity contribution in [1.82, 2.24) is 10.3 Å². The van der Waals surface area contributed by atoms with Gasteiger partial charge in [0.05, 0.1) is 23.4 Å². The molecular weight excluding hydrogens is 248 g/mol. The molecule has 2 N–H and O–H groups in total. The van der Waals surface area contributed by atoms with E-state index >= 15 is 0 Å². The van der Waals surface area contributed by atoms with E-state index in [0.717, 1.165) is 17.1 Å². The first-order valence-corrected chi connectivity index (χ1v) is 6.90. The van der Waals surface area contributed by atoms with Crippen molar-refractivity contribution in [3.8, 4) is 0 Å². The third kappa shape index (κ3) is 5.42. The molecule has 0 radical (unpaired) electrons. The van der Waals surface area contributed by atoms with Crippen LogP contribution in [0.3, 0.4) is 0 Å². The summed E-state index contributed by atoms with van der Waals surface area (Å²) in [6, 6.07) is -0.181. The second-order valence-electron chi connectivity index (χ2n) is 4.64. The van der Waals surface area contributed by atoms with E-state index in [4.69, 9.17) is 5.11 Å². The van der Waals surface area contributed by atoms with E-state index in [9.17, 15) is 4.79 Å². The van der Waals surface area contributed by atoms with Crippen LogP contribution >= 0.6 is 11.3 Å². The zero-order valence-corrected chi connectivity index (χ0v) is 11.8. The monoisotopic (exact) mass is 268 g/mol. The van der Waals surface area contributed by atoms with E-state index in [0.29, 0.717) is 5.92 Å². The normalized spacial score (nSPS) is 13.2. The number of thiazole rings is 1. The zero-order valence-electron chi connectivity index (χ0n) is 11.0.